The van der Waals surface area contributed by atoms with Crippen molar-refractivity contribution in [3.63, 3.8) is 0 Å². The molecule has 15 heavy (non-hydrogen) atoms. The van der Waals surface area contributed by atoms with Gasteiger partial charge in [-0.1, -0.05) is 33.6 Å². The Bertz CT molecular complexity index is 175. The van der Waals surface area contributed by atoms with Gasteiger partial charge in [-0.15, -0.1) is 0 Å². The van der Waals surface area contributed by atoms with Gasteiger partial charge in [0, 0.05) is 27.5 Å². The van der Waals surface area contributed by atoms with E-state index in [0.29, 0.717) is 0 Å². The average Bonchev–Trinajstić information content (AvgIpc) is 2.24. The number of rotatable bonds is 5. The number of thioether (sulfide) groups is 2. The van der Waals surface area contributed by atoms with Gasteiger partial charge in [-0.25, -0.2) is 0 Å². The average molecular weight is 247 g/mol. The zero-order valence-corrected chi connectivity index (χ0v) is 12.1. The highest BCUT2D eigenvalue weighted by molar-refractivity contribution is 8.07. The molecule has 0 saturated carbocycles. The van der Waals surface area contributed by atoms with Crippen molar-refractivity contribution < 1.29 is 0 Å². The SMILES string of the molecule is CCCCC(NC)C1CSC(C)C(C)S1. The predicted molar refractivity (Wildman–Crippen MR) is 75.1 cm³/mol. The van der Waals surface area contributed by atoms with E-state index in [9.17, 15) is 0 Å². The van der Waals surface area contributed by atoms with Crippen LogP contribution in [0, 0.1) is 0 Å². The molecule has 0 aromatic heterocycles. The monoisotopic (exact) mass is 247 g/mol. The van der Waals surface area contributed by atoms with Crippen LogP contribution < -0.4 is 5.32 Å². The van der Waals surface area contributed by atoms with E-state index in [1.54, 1.807) is 0 Å². The summed E-state index contributed by atoms with van der Waals surface area (Å²) >= 11 is 4.34. The van der Waals surface area contributed by atoms with Crippen molar-refractivity contribution in [3.05, 3.63) is 0 Å². The van der Waals surface area contributed by atoms with Gasteiger partial charge in [0.15, 0.2) is 0 Å². The van der Waals surface area contributed by atoms with Gasteiger partial charge >= 0.3 is 0 Å². The van der Waals surface area contributed by atoms with Crippen molar-refractivity contribution in [2.24, 2.45) is 0 Å². The van der Waals surface area contributed by atoms with E-state index in [2.05, 4.69) is 56.7 Å². The lowest BCUT2D eigenvalue weighted by Gasteiger charge is -2.35. The fraction of sp³-hybridized carbons (Fsp3) is 1.00. The third-order valence-corrected chi connectivity index (χ3v) is 6.81. The van der Waals surface area contributed by atoms with Crippen LogP contribution in [0.4, 0.5) is 0 Å². The van der Waals surface area contributed by atoms with Crippen LogP contribution in [0.2, 0.25) is 0 Å². The topological polar surface area (TPSA) is 12.0 Å². The lowest BCUT2D eigenvalue weighted by atomic mass is 10.1. The summed E-state index contributed by atoms with van der Waals surface area (Å²) in [6, 6.07) is 0.720. The minimum Gasteiger partial charge on any atom is -0.316 e. The number of hydrogen-bond donors (Lipinski definition) is 1. The van der Waals surface area contributed by atoms with Gasteiger partial charge < -0.3 is 5.32 Å². The molecule has 1 N–H and O–H groups in total. The highest BCUT2D eigenvalue weighted by atomic mass is 32.2. The smallest absolute Gasteiger partial charge is 0.0294 e. The summed E-state index contributed by atoms with van der Waals surface area (Å²) in [5.41, 5.74) is 0. The molecule has 1 rings (SSSR count). The Hall–Kier alpha value is 0.660. The first-order valence-electron chi connectivity index (χ1n) is 6.13. The molecule has 1 nitrogen and oxygen atoms in total. The molecule has 90 valence electrons. The fourth-order valence-electron chi connectivity index (χ4n) is 1.96. The van der Waals surface area contributed by atoms with Crippen molar-refractivity contribution in [2.45, 2.75) is 61.8 Å². The minimum absolute atomic E-state index is 0.720. The van der Waals surface area contributed by atoms with Gasteiger partial charge in [-0.2, -0.15) is 23.5 Å². The summed E-state index contributed by atoms with van der Waals surface area (Å²) in [7, 11) is 2.12. The number of unbranched alkanes of at least 4 members (excludes halogenated alkanes) is 1. The molecule has 0 radical (unpaired) electrons. The second-order valence-electron chi connectivity index (χ2n) is 4.46. The van der Waals surface area contributed by atoms with Crippen LogP contribution in [-0.4, -0.2) is 34.6 Å². The molecule has 0 spiro atoms. The van der Waals surface area contributed by atoms with E-state index in [0.717, 1.165) is 21.8 Å². The fourth-order valence-corrected chi connectivity index (χ4v) is 5.17. The first-order chi connectivity index (χ1) is 7.19. The lowest BCUT2D eigenvalue weighted by molar-refractivity contribution is 0.498. The Morgan fingerprint density at radius 3 is 2.60 bits per heavy atom. The van der Waals surface area contributed by atoms with Crippen LogP contribution in [0.15, 0.2) is 0 Å². The van der Waals surface area contributed by atoms with Crippen LogP contribution in [0.25, 0.3) is 0 Å². The molecule has 1 aliphatic heterocycles. The van der Waals surface area contributed by atoms with Gasteiger partial charge in [0.05, 0.1) is 0 Å². The van der Waals surface area contributed by atoms with Gasteiger partial charge in [0.25, 0.3) is 0 Å². The number of hydrogen-bond acceptors (Lipinski definition) is 3. The first-order valence-corrected chi connectivity index (χ1v) is 8.12. The third-order valence-electron chi connectivity index (χ3n) is 3.26. The van der Waals surface area contributed by atoms with E-state index in [4.69, 9.17) is 0 Å². The molecule has 1 fully saturated rings. The molecule has 1 heterocycles. The zero-order chi connectivity index (χ0) is 11.3. The maximum Gasteiger partial charge on any atom is 0.0294 e. The molecule has 1 aliphatic rings. The Labute approximate surface area is 104 Å². The van der Waals surface area contributed by atoms with Crippen LogP contribution in [0.1, 0.15) is 40.0 Å². The maximum atomic E-state index is 3.51. The molecule has 0 bridgehead atoms. The molecular weight excluding hydrogens is 222 g/mol. The Morgan fingerprint density at radius 2 is 2.07 bits per heavy atom. The van der Waals surface area contributed by atoms with E-state index in [1.165, 1.54) is 25.0 Å². The second kappa shape index (κ2) is 7.08. The predicted octanol–water partition coefficient (Wildman–Crippen LogP) is 3.39. The summed E-state index contributed by atoms with van der Waals surface area (Å²) < 4.78 is 0. The van der Waals surface area contributed by atoms with E-state index in [-0.39, 0.29) is 0 Å². The molecule has 4 unspecified atom stereocenters. The normalized spacial score (nSPS) is 34.0. The van der Waals surface area contributed by atoms with Gasteiger partial charge in [-0.05, 0) is 13.5 Å². The summed E-state index contributed by atoms with van der Waals surface area (Å²) in [5.74, 6) is 1.32. The number of nitrogens with one attached hydrogen (secondary N) is 1. The molecule has 0 amide bonds. The second-order valence-corrected chi connectivity index (χ2v) is 7.49. The lowest BCUT2D eigenvalue weighted by Crippen LogP contribution is -2.41. The summed E-state index contributed by atoms with van der Waals surface area (Å²) in [4.78, 5) is 0. The van der Waals surface area contributed by atoms with Crippen LogP contribution in [-0.2, 0) is 0 Å². The van der Waals surface area contributed by atoms with Crippen molar-refractivity contribution in [1.29, 1.82) is 0 Å². The molecular formula is C12H25NS2. The van der Waals surface area contributed by atoms with Crippen LogP contribution >= 0.6 is 23.5 Å². The first kappa shape index (κ1) is 13.7. The molecule has 0 aromatic rings. The van der Waals surface area contributed by atoms with Crippen LogP contribution in [0.3, 0.4) is 0 Å². The summed E-state index contributed by atoms with van der Waals surface area (Å²) in [5, 5.41) is 5.97. The summed E-state index contributed by atoms with van der Waals surface area (Å²) in [6.07, 6.45) is 4.01. The molecule has 4 atom stereocenters. The minimum atomic E-state index is 0.720. The van der Waals surface area contributed by atoms with Crippen molar-refractivity contribution in [1.82, 2.24) is 5.32 Å². The Morgan fingerprint density at radius 1 is 1.33 bits per heavy atom. The molecule has 0 aromatic carbocycles. The van der Waals surface area contributed by atoms with E-state index < -0.39 is 0 Å². The van der Waals surface area contributed by atoms with Crippen LogP contribution in [0.5, 0.6) is 0 Å². The van der Waals surface area contributed by atoms with Crippen molar-refractivity contribution >= 4 is 23.5 Å². The van der Waals surface area contributed by atoms with E-state index >= 15 is 0 Å². The van der Waals surface area contributed by atoms with Crippen molar-refractivity contribution in [3.8, 4) is 0 Å². The van der Waals surface area contributed by atoms with Gasteiger partial charge in [0.1, 0.15) is 0 Å². The van der Waals surface area contributed by atoms with Gasteiger partial charge in [0.2, 0.25) is 0 Å². The molecule has 3 heteroatoms. The highest BCUT2D eigenvalue weighted by Crippen LogP contribution is 2.37. The van der Waals surface area contributed by atoms with Crippen molar-refractivity contribution in [2.75, 3.05) is 12.8 Å². The van der Waals surface area contributed by atoms with Gasteiger partial charge in [-0.3, -0.25) is 0 Å². The molecule has 1 saturated heterocycles. The third kappa shape index (κ3) is 4.20. The maximum absolute atomic E-state index is 3.51. The summed E-state index contributed by atoms with van der Waals surface area (Å²) in [6.45, 7) is 7.01. The van der Waals surface area contributed by atoms with E-state index in [1.807, 2.05) is 0 Å². The molecule has 0 aliphatic carbocycles. The highest BCUT2D eigenvalue weighted by Gasteiger charge is 2.30. The Kier molecular flexibility index (Phi) is 6.48. The largest absolute Gasteiger partial charge is 0.316 e. The standard InChI is InChI=1S/C12H25NS2/c1-5-6-7-11(13-4)12-8-14-9(2)10(3)15-12/h9-13H,5-8H2,1-4H3. The Balaban J connectivity index is 2.39. The quantitative estimate of drug-likeness (QED) is 0.800. The zero-order valence-electron chi connectivity index (χ0n) is 10.5.